The maximum atomic E-state index is 13.4. The molecule has 10 heteroatoms. The van der Waals surface area contributed by atoms with E-state index in [2.05, 4.69) is 19.8 Å². The molecule has 0 aliphatic carbocycles. The molecule has 168 valence electrons. The molecular weight excluding hydrogens is 438 g/mol. The van der Waals surface area contributed by atoms with Gasteiger partial charge in [-0.1, -0.05) is 18.2 Å². The van der Waals surface area contributed by atoms with Crippen molar-refractivity contribution in [2.24, 2.45) is 0 Å². The predicted octanol–water partition coefficient (Wildman–Crippen LogP) is 4.06. The Kier molecular flexibility index (Phi) is 4.48. The number of ether oxygens (including phenoxy) is 3. The molecule has 2 aromatic carbocycles. The first-order chi connectivity index (χ1) is 15.6. The monoisotopic (exact) mass is 454 g/mol. The molecule has 3 aromatic rings. The van der Waals surface area contributed by atoms with Crippen LogP contribution in [0.15, 0.2) is 54.6 Å². The Balaban J connectivity index is 1.41. The van der Waals surface area contributed by atoms with E-state index in [1.165, 1.54) is 24.3 Å². The first kappa shape index (κ1) is 20.7. The first-order valence-electron chi connectivity index (χ1n) is 9.84. The van der Waals surface area contributed by atoms with Gasteiger partial charge in [0.15, 0.2) is 11.5 Å². The van der Waals surface area contributed by atoms with Crippen molar-refractivity contribution in [1.29, 1.82) is 0 Å². The molecule has 2 N–H and O–H groups in total. The molecule has 8 nitrogen and oxygen atoms in total. The highest BCUT2D eigenvalue weighted by molar-refractivity contribution is 6.00. The van der Waals surface area contributed by atoms with E-state index in [4.69, 9.17) is 4.74 Å². The number of carboxylic acid groups (broad SMARTS) is 1. The number of fused-ring (bicyclic) bond motifs is 2. The number of aromatic carboxylic acids is 1. The Labute approximate surface area is 185 Å². The Morgan fingerprint density at radius 2 is 1.76 bits per heavy atom. The highest BCUT2D eigenvalue weighted by Crippen LogP contribution is 2.50. The van der Waals surface area contributed by atoms with Crippen LogP contribution in [0.2, 0.25) is 0 Å². The fourth-order valence-corrected chi connectivity index (χ4v) is 3.75. The van der Waals surface area contributed by atoms with Crippen LogP contribution in [0.1, 0.15) is 22.8 Å². The lowest BCUT2D eigenvalue weighted by Gasteiger charge is -2.21. The molecule has 2 aliphatic heterocycles. The van der Waals surface area contributed by atoms with Crippen molar-refractivity contribution in [3.05, 3.63) is 65.7 Å². The smallest absolute Gasteiger partial charge is 0.492 e. The number of hydrogen-bond donors (Lipinski definition) is 2. The van der Waals surface area contributed by atoms with Gasteiger partial charge in [0, 0.05) is 17.2 Å². The molecule has 0 saturated heterocycles. The van der Waals surface area contributed by atoms with Gasteiger partial charge in [0.05, 0.1) is 11.3 Å². The van der Waals surface area contributed by atoms with Gasteiger partial charge in [-0.15, -0.1) is 8.78 Å². The number of nitrogens with one attached hydrogen (secondary N) is 1. The van der Waals surface area contributed by atoms with Crippen molar-refractivity contribution in [1.82, 2.24) is 4.98 Å². The minimum atomic E-state index is -3.78. The average Bonchev–Trinajstić information content (AvgIpc) is 3.27. The van der Waals surface area contributed by atoms with Crippen LogP contribution in [0.4, 0.5) is 14.6 Å². The van der Waals surface area contributed by atoms with Crippen LogP contribution in [-0.2, 0) is 10.2 Å². The first-order valence-corrected chi connectivity index (χ1v) is 9.84. The number of nitrogens with zero attached hydrogens (tertiary/aromatic N) is 1. The molecule has 5 rings (SSSR count). The number of alkyl halides is 2. The topological polar surface area (TPSA) is 107 Å². The lowest BCUT2D eigenvalue weighted by molar-refractivity contribution is -0.286. The second kappa shape index (κ2) is 7.16. The molecule has 0 spiro atoms. The summed E-state index contributed by atoms with van der Waals surface area (Å²) >= 11 is 0. The van der Waals surface area contributed by atoms with E-state index in [9.17, 15) is 23.5 Å². The van der Waals surface area contributed by atoms with Gasteiger partial charge < -0.3 is 24.6 Å². The Morgan fingerprint density at radius 1 is 1.03 bits per heavy atom. The third kappa shape index (κ3) is 3.59. The van der Waals surface area contributed by atoms with Gasteiger partial charge in [-0.05, 0) is 37.3 Å². The number of aromatic nitrogens is 1. The SMILES string of the molecule is C[C@]1(C(=O)Nc2cccc(-c3cccc(C(=O)O)c3)n2)COc2cc3c(cc21)OC(F)(F)O3. The van der Waals surface area contributed by atoms with E-state index in [1.54, 1.807) is 37.3 Å². The highest BCUT2D eigenvalue weighted by Gasteiger charge is 2.48. The van der Waals surface area contributed by atoms with Crippen molar-refractivity contribution >= 4 is 17.7 Å². The second-order valence-corrected chi connectivity index (χ2v) is 7.83. The molecule has 0 bridgehead atoms. The summed E-state index contributed by atoms with van der Waals surface area (Å²) < 4.78 is 41.3. The number of benzene rings is 2. The molecule has 2 aliphatic rings. The van der Waals surface area contributed by atoms with Gasteiger partial charge in [0.25, 0.3) is 0 Å². The van der Waals surface area contributed by atoms with Crippen molar-refractivity contribution in [2.75, 3.05) is 11.9 Å². The van der Waals surface area contributed by atoms with Crippen LogP contribution in [0.5, 0.6) is 17.2 Å². The maximum Gasteiger partial charge on any atom is 0.586 e. The summed E-state index contributed by atoms with van der Waals surface area (Å²) in [5.74, 6) is -1.38. The number of rotatable bonds is 4. The molecule has 3 heterocycles. The molecule has 1 amide bonds. The number of amides is 1. The summed E-state index contributed by atoms with van der Waals surface area (Å²) in [7, 11) is 0. The van der Waals surface area contributed by atoms with E-state index < -0.39 is 23.6 Å². The third-order valence-corrected chi connectivity index (χ3v) is 5.51. The number of carbonyl (C=O) groups excluding carboxylic acids is 1. The predicted molar refractivity (Wildman–Crippen MR) is 111 cm³/mol. The number of halogens is 2. The highest BCUT2D eigenvalue weighted by atomic mass is 19.3. The quantitative estimate of drug-likeness (QED) is 0.612. The van der Waals surface area contributed by atoms with Gasteiger partial charge in [-0.25, -0.2) is 9.78 Å². The number of pyridine rings is 1. The van der Waals surface area contributed by atoms with E-state index in [0.29, 0.717) is 16.8 Å². The van der Waals surface area contributed by atoms with Crippen molar-refractivity contribution in [2.45, 2.75) is 18.6 Å². The van der Waals surface area contributed by atoms with Crippen LogP contribution in [0, 0.1) is 0 Å². The zero-order chi connectivity index (χ0) is 23.4. The number of anilines is 1. The average molecular weight is 454 g/mol. The third-order valence-electron chi connectivity index (χ3n) is 5.51. The molecular formula is C23H16F2N2O6. The molecule has 0 radical (unpaired) electrons. The summed E-state index contributed by atoms with van der Waals surface area (Å²) in [6.45, 7) is 1.60. The number of hydrogen-bond acceptors (Lipinski definition) is 6. The summed E-state index contributed by atoms with van der Waals surface area (Å²) in [6.07, 6.45) is -3.78. The summed E-state index contributed by atoms with van der Waals surface area (Å²) in [6, 6.07) is 13.8. The van der Waals surface area contributed by atoms with E-state index in [1.807, 2.05) is 0 Å². The van der Waals surface area contributed by atoms with Gasteiger partial charge in [-0.2, -0.15) is 0 Å². The Hall–Kier alpha value is -4.21. The summed E-state index contributed by atoms with van der Waals surface area (Å²) in [5, 5.41) is 11.9. The minimum Gasteiger partial charge on any atom is -0.492 e. The number of carboxylic acids is 1. The normalized spacial score (nSPS) is 19.5. The Morgan fingerprint density at radius 3 is 2.52 bits per heavy atom. The lowest BCUT2D eigenvalue weighted by Crippen LogP contribution is -2.39. The molecule has 1 atom stereocenters. The standard InChI is InChI=1S/C23H16F2N2O6/c1-22(11-31-16-10-18-17(9-14(16)22)32-23(24,25)33-18)21(30)27-19-7-3-6-15(26-19)12-4-2-5-13(8-12)20(28)29/h2-10H,11H2,1H3,(H,28,29)(H,26,27,30)/t22-/m0/s1. The molecule has 0 fully saturated rings. The van der Waals surface area contributed by atoms with Crippen LogP contribution >= 0.6 is 0 Å². The van der Waals surface area contributed by atoms with Gasteiger partial charge in [0.2, 0.25) is 5.91 Å². The van der Waals surface area contributed by atoms with E-state index in [0.717, 1.165) is 0 Å². The van der Waals surface area contributed by atoms with E-state index in [-0.39, 0.29) is 35.2 Å². The summed E-state index contributed by atoms with van der Waals surface area (Å²) in [5.41, 5.74) is 0.327. The molecule has 0 unspecified atom stereocenters. The zero-order valence-electron chi connectivity index (χ0n) is 17.1. The maximum absolute atomic E-state index is 13.4. The van der Waals surface area contributed by atoms with Crippen molar-refractivity contribution in [3.8, 4) is 28.5 Å². The van der Waals surface area contributed by atoms with Crippen LogP contribution < -0.4 is 19.5 Å². The minimum absolute atomic E-state index is 0.0200. The molecule has 33 heavy (non-hydrogen) atoms. The molecule has 0 saturated carbocycles. The molecule has 1 aromatic heterocycles. The van der Waals surface area contributed by atoms with E-state index >= 15 is 0 Å². The van der Waals surface area contributed by atoms with Gasteiger partial charge in [0.1, 0.15) is 23.6 Å². The van der Waals surface area contributed by atoms with Crippen LogP contribution in [0.25, 0.3) is 11.3 Å². The van der Waals surface area contributed by atoms with Gasteiger partial charge in [-0.3, -0.25) is 4.79 Å². The van der Waals surface area contributed by atoms with Crippen LogP contribution in [0.3, 0.4) is 0 Å². The lowest BCUT2D eigenvalue weighted by atomic mass is 9.83. The van der Waals surface area contributed by atoms with Crippen molar-refractivity contribution in [3.63, 3.8) is 0 Å². The van der Waals surface area contributed by atoms with Crippen molar-refractivity contribution < 1.29 is 37.7 Å². The fourth-order valence-electron chi connectivity index (χ4n) is 3.75. The van der Waals surface area contributed by atoms with Crippen LogP contribution in [-0.4, -0.2) is 34.9 Å². The Bertz CT molecular complexity index is 1310. The fraction of sp³-hybridized carbons (Fsp3) is 0.174. The number of carbonyl (C=O) groups is 2. The zero-order valence-corrected chi connectivity index (χ0v) is 17.1. The largest absolute Gasteiger partial charge is 0.586 e. The summed E-state index contributed by atoms with van der Waals surface area (Å²) in [4.78, 5) is 28.8. The second-order valence-electron chi connectivity index (χ2n) is 7.83. The van der Waals surface area contributed by atoms with Gasteiger partial charge >= 0.3 is 12.3 Å².